The summed E-state index contributed by atoms with van der Waals surface area (Å²) in [4.78, 5) is 0. The second-order valence-electron chi connectivity index (χ2n) is 3.54. The normalized spacial score (nSPS) is 24.8. The number of hydrogen-bond acceptors (Lipinski definition) is 0. The van der Waals surface area contributed by atoms with Crippen molar-refractivity contribution in [3.8, 4) is 0 Å². The molecular weight excluding hydrogens is 156 g/mol. The van der Waals surface area contributed by atoms with Crippen molar-refractivity contribution >= 4 is 11.6 Å². The van der Waals surface area contributed by atoms with Crippen LogP contribution in [0.5, 0.6) is 0 Å². The molecule has 1 heteroatoms. The minimum atomic E-state index is 0.809. The van der Waals surface area contributed by atoms with E-state index in [1.807, 2.05) is 0 Å². The van der Waals surface area contributed by atoms with E-state index < -0.39 is 0 Å². The fourth-order valence-electron chi connectivity index (χ4n) is 1.91. The molecule has 0 nitrogen and oxygen atoms in total. The van der Waals surface area contributed by atoms with Gasteiger partial charge in [-0.15, -0.1) is 11.6 Å². The van der Waals surface area contributed by atoms with Gasteiger partial charge in [-0.3, -0.25) is 0 Å². The summed E-state index contributed by atoms with van der Waals surface area (Å²) in [5.41, 5.74) is 3.31. The van der Waals surface area contributed by atoms with Gasteiger partial charge in [-0.05, 0) is 38.5 Å². The van der Waals surface area contributed by atoms with Crippen molar-refractivity contribution in [3.63, 3.8) is 0 Å². The maximum absolute atomic E-state index is 5.65. The van der Waals surface area contributed by atoms with Gasteiger partial charge >= 0.3 is 0 Å². The van der Waals surface area contributed by atoms with E-state index >= 15 is 0 Å². The van der Waals surface area contributed by atoms with Crippen molar-refractivity contribution in [1.29, 1.82) is 0 Å². The maximum Gasteiger partial charge on any atom is 0.0226 e. The van der Waals surface area contributed by atoms with Crippen molar-refractivity contribution in [2.45, 2.75) is 39.5 Å². The molecule has 0 fully saturated rings. The topological polar surface area (TPSA) is 0 Å². The third-order valence-electron chi connectivity index (χ3n) is 2.68. The van der Waals surface area contributed by atoms with Crippen molar-refractivity contribution < 1.29 is 0 Å². The quantitative estimate of drug-likeness (QED) is 0.449. The van der Waals surface area contributed by atoms with E-state index in [2.05, 4.69) is 13.8 Å². The summed E-state index contributed by atoms with van der Waals surface area (Å²) in [6.07, 6.45) is 5.07. The molecule has 0 saturated heterocycles. The molecule has 0 radical (unpaired) electrons. The lowest BCUT2D eigenvalue weighted by Crippen LogP contribution is -1.93. The minimum absolute atomic E-state index is 0.809. The number of allylic oxidation sites excluding steroid dienone is 2. The van der Waals surface area contributed by atoms with E-state index in [4.69, 9.17) is 11.6 Å². The van der Waals surface area contributed by atoms with Crippen LogP contribution in [0.4, 0.5) is 0 Å². The van der Waals surface area contributed by atoms with E-state index in [9.17, 15) is 0 Å². The van der Waals surface area contributed by atoms with Gasteiger partial charge in [0, 0.05) is 5.88 Å². The highest BCUT2D eigenvalue weighted by molar-refractivity contribution is 6.17. The van der Waals surface area contributed by atoms with Gasteiger partial charge in [0.1, 0.15) is 0 Å². The molecule has 64 valence electrons. The average Bonchev–Trinajstić information content (AvgIpc) is 2.29. The molecule has 1 atom stereocenters. The largest absolute Gasteiger partial charge is 0.127 e. The Kier molecular flexibility index (Phi) is 3.45. The van der Waals surface area contributed by atoms with Gasteiger partial charge in [-0.25, -0.2) is 0 Å². The van der Waals surface area contributed by atoms with E-state index in [0.717, 1.165) is 18.2 Å². The number of alkyl halides is 1. The van der Waals surface area contributed by atoms with Gasteiger partial charge in [0.2, 0.25) is 0 Å². The lowest BCUT2D eigenvalue weighted by atomic mass is 9.99. The first-order valence-electron chi connectivity index (χ1n) is 4.50. The second-order valence-corrected chi connectivity index (χ2v) is 3.92. The predicted molar refractivity (Wildman–Crippen MR) is 51.1 cm³/mol. The summed E-state index contributed by atoms with van der Waals surface area (Å²) in [5, 5.41) is 0. The highest BCUT2D eigenvalue weighted by Gasteiger charge is 2.17. The highest BCUT2D eigenvalue weighted by atomic mass is 35.5. The van der Waals surface area contributed by atoms with Gasteiger partial charge in [-0.1, -0.05) is 18.1 Å². The number of hydrogen-bond donors (Lipinski definition) is 0. The third kappa shape index (κ3) is 2.23. The van der Waals surface area contributed by atoms with Crippen LogP contribution < -0.4 is 0 Å². The van der Waals surface area contributed by atoms with Gasteiger partial charge in [0.25, 0.3) is 0 Å². The Morgan fingerprint density at radius 3 is 2.73 bits per heavy atom. The summed E-state index contributed by atoms with van der Waals surface area (Å²) in [6, 6.07) is 0. The van der Waals surface area contributed by atoms with E-state index in [0.29, 0.717) is 0 Å². The Bertz CT molecular complexity index is 158. The van der Waals surface area contributed by atoms with Crippen LogP contribution in [0.2, 0.25) is 0 Å². The second kappa shape index (κ2) is 4.15. The molecule has 0 saturated carbocycles. The van der Waals surface area contributed by atoms with Crippen LogP contribution in [0.1, 0.15) is 39.5 Å². The average molecular weight is 173 g/mol. The molecule has 0 spiro atoms. The zero-order valence-corrected chi connectivity index (χ0v) is 8.25. The maximum atomic E-state index is 5.65. The molecule has 0 aromatic rings. The van der Waals surface area contributed by atoms with Crippen LogP contribution in [0.25, 0.3) is 0 Å². The molecular formula is C10H17Cl. The molecule has 1 aliphatic carbocycles. The van der Waals surface area contributed by atoms with Crippen molar-refractivity contribution in [1.82, 2.24) is 0 Å². The van der Waals surface area contributed by atoms with E-state index in [1.54, 1.807) is 11.1 Å². The zero-order chi connectivity index (χ0) is 8.27. The van der Waals surface area contributed by atoms with Gasteiger partial charge in [0.15, 0.2) is 0 Å². The molecule has 0 aliphatic heterocycles. The Morgan fingerprint density at radius 1 is 1.55 bits per heavy atom. The van der Waals surface area contributed by atoms with Crippen LogP contribution in [0.3, 0.4) is 0 Å². The molecule has 0 amide bonds. The number of rotatable bonds is 3. The molecule has 1 aliphatic rings. The molecule has 1 rings (SSSR count). The van der Waals surface area contributed by atoms with Crippen molar-refractivity contribution in [2.75, 3.05) is 5.88 Å². The third-order valence-corrected chi connectivity index (χ3v) is 2.94. The summed E-state index contributed by atoms with van der Waals surface area (Å²) >= 11 is 5.65. The molecule has 0 aromatic carbocycles. The van der Waals surface area contributed by atoms with Crippen molar-refractivity contribution in [2.24, 2.45) is 5.92 Å². The SMILES string of the molecule is CC1=C(CCCCl)C(C)CC1. The smallest absolute Gasteiger partial charge is 0.0226 e. The fourth-order valence-corrected chi connectivity index (χ4v) is 2.04. The first-order valence-corrected chi connectivity index (χ1v) is 5.03. The Morgan fingerprint density at radius 2 is 2.27 bits per heavy atom. The van der Waals surface area contributed by atoms with Gasteiger partial charge in [0.05, 0.1) is 0 Å². The molecule has 0 bridgehead atoms. The fraction of sp³-hybridized carbons (Fsp3) is 0.800. The lowest BCUT2D eigenvalue weighted by molar-refractivity contribution is 0.639. The van der Waals surface area contributed by atoms with Crippen molar-refractivity contribution in [3.05, 3.63) is 11.1 Å². The van der Waals surface area contributed by atoms with Crippen LogP contribution in [-0.2, 0) is 0 Å². The molecule has 11 heavy (non-hydrogen) atoms. The zero-order valence-electron chi connectivity index (χ0n) is 7.49. The minimum Gasteiger partial charge on any atom is -0.127 e. The molecule has 0 aromatic heterocycles. The lowest BCUT2D eigenvalue weighted by Gasteiger charge is -2.08. The van der Waals surface area contributed by atoms with Crippen LogP contribution >= 0.6 is 11.6 Å². The monoisotopic (exact) mass is 172 g/mol. The first kappa shape index (κ1) is 9.12. The van der Waals surface area contributed by atoms with E-state index in [-0.39, 0.29) is 0 Å². The predicted octanol–water partition coefficient (Wildman–Crippen LogP) is 3.75. The summed E-state index contributed by atoms with van der Waals surface area (Å²) in [6.45, 7) is 4.60. The number of halogens is 1. The summed E-state index contributed by atoms with van der Waals surface area (Å²) < 4.78 is 0. The highest BCUT2D eigenvalue weighted by Crippen LogP contribution is 2.33. The molecule has 0 heterocycles. The van der Waals surface area contributed by atoms with Crippen LogP contribution in [0.15, 0.2) is 11.1 Å². The van der Waals surface area contributed by atoms with Gasteiger partial charge in [-0.2, -0.15) is 0 Å². The van der Waals surface area contributed by atoms with Crippen LogP contribution in [0, 0.1) is 5.92 Å². The standard InChI is InChI=1S/C10H17Cl/c1-8-5-6-9(2)10(8)4-3-7-11/h8H,3-7H2,1-2H3. The summed E-state index contributed by atoms with van der Waals surface area (Å²) in [7, 11) is 0. The summed E-state index contributed by atoms with van der Waals surface area (Å²) in [5.74, 6) is 1.64. The Hall–Kier alpha value is 0.0300. The molecule has 0 N–H and O–H groups in total. The van der Waals surface area contributed by atoms with Gasteiger partial charge < -0.3 is 0 Å². The molecule has 1 unspecified atom stereocenters. The Balaban J connectivity index is 2.46. The van der Waals surface area contributed by atoms with E-state index in [1.165, 1.54) is 19.3 Å². The Labute approximate surface area is 74.6 Å². The van der Waals surface area contributed by atoms with Crippen LogP contribution in [-0.4, -0.2) is 5.88 Å². The first-order chi connectivity index (χ1) is 5.25.